The quantitative estimate of drug-likeness (QED) is 0.271. The molecule has 0 aromatic heterocycles. The third-order valence-corrected chi connectivity index (χ3v) is 9.81. The molecule has 12 atom stereocenters. The number of hydrogen-bond acceptors (Lipinski definition) is 9. The third-order valence-electron chi connectivity index (χ3n) is 9.81. The maximum Gasteiger partial charge on any atom is 0.337 e. The molecule has 2 saturated carbocycles. The van der Waals surface area contributed by atoms with E-state index in [2.05, 4.69) is 31.2 Å². The van der Waals surface area contributed by atoms with E-state index in [9.17, 15) is 30.3 Å². The molecule has 0 amide bonds. The number of carbonyl (C=O) groups is 1. The second kappa shape index (κ2) is 9.76. The maximum absolute atomic E-state index is 12.0. The van der Waals surface area contributed by atoms with Gasteiger partial charge in [0.15, 0.2) is 12.4 Å². The third kappa shape index (κ3) is 4.36. The molecular formula is C27H42O9. The van der Waals surface area contributed by atoms with Gasteiger partial charge in [0, 0.05) is 5.41 Å². The van der Waals surface area contributed by atoms with Crippen LogP contribution in [0, 0.1) is 28.1 Å². The highest BCUT2D eigenvalue weighted by molar-refractivity contribution is 5.75. The van der Waals surface area contributed by atoms with Crippen LogP contribution in [0.15, 0.2) is 24.3 Å². The molecule has 0 aromatic carbocycles. The Hall–Kier alpha value is -1.33. The van der Waals surface area contributed by atoms with Gasteiger partial charge in [-0.05, 0) is 54.8 Å². The predicted octanol–water partition coefficient (Wildman–Crippen LogP) is 1.06. The van der Waals surface area contributed by atoms with Gasteiger partial charge in [-0.2, -0.15) is 0 Å². The Morgan fingerprint density at radius 3 is 2.50 bits per heavy atom. The Kier molecular flexibility index (Phi) is 7.51. The van der Waals surface area contributed by atoms with Crippen molar-refractivity contribution in [1.82, 2.24) is 0 Å². The summed E-state index contributed by atoms with van der Waals surface area (Å²) in [6, 6.07) is 0. The topological polar surface area (TPSA) is 146 Å². The Morgan fingerprint density at radius 1 is 1.17 bits per heavy atom. The van der Waals surface area contributed by atoms with Crippen LogP contribution in [0.5, 0.6) is 0 Å². The smallest absolute Gasteiger partial charge is 0.337 e. The number of hydrogen-bond donors (Lipinski definition) is 5. The first-order valence-electron chi connectivity index (χ1n) is 12.9. The molecule has 4 aliphatic rings. The van der Waals surface area contributed by atoms with Crippen molar-refractivity contribution in [3.05, 3.63) is 24.3 Å². The molecule has 0 bridgehead atoms. The molecule has 1 aliphatic heterocycles. The molecule has 0 spiro atoms. The van der Waals surface area contributed by atoms with E-state index >= 15 is 0 Å². The fourth-order valence-electron chi connectivity index (χ4n) is 7.52. The summed E-state index contributed by atoms with van der Waals surface area (Å²) in [5, 5.41) is 53.1. The fourth-order valence-corrected chi connectivity index (χ4v) is 7.52. The van der Waals surface area contributed by atoms with Gasteiger partial charge in [0.1, 0.15) is 18.3 Å². The van der Waals surface area contributed by atoms with Crippen molar-refractivity contribution in [1.29, 1.82) is 0 Å². The van der Waals surface area contributed by atoms with Crippen molar-refractivity contribution in [2.24, 2.45) is 28.1 Å². The summed E-state index contributed by atoms with van der Waals surface area (Å²) >= 11 is 0. The first-order valence-corrected chi connectivity index (χ1v) is 12.9. The molecule has 204 valence electrons. The van der Waals surface area contributed by atoms with Crippen molar-refractivity contribution < 1.29 is 44.5 Å². The van der Waals surface area contributed by atoms with Gasteiger partial charge in [0.25, 0.3) is 0 Å². The molecule has 0 aromatic rings. The lowest BCUT2D eigenvalue weighted by molar-refractivity contribution is -0.309. The second-order valence-corrected chi connectivity index (χ2v) is 12.2. The van der Waals surface area contributed by atoms with Crippen LogP contribution >= 0.6 is 0 Å². The molecular weight excluding hydrogens is 468 g/mol. The van der Waals surface area contributed by atoms with Crippen molar-refractivity contribution >= 4 is 5.97 Å². The molecule has 3 aliphatic carbocycles. The average molecular weight is 511 g/mol. The van der Waals surface area contributed by atoms with E-state index in [0.717, 1.165) is 26.4 Å². The number of aliphatic hydroxyl groups is 5. The summed E-state index contributed by atoms with van der Waals surface area (Å²) in [5.74, 6) is -0.663. The number of rotatable bonds is 5. The molecule has 36 heavy (non-hydrogen) atoms. The minimum absolute atomic E-state index is 0.0297. The number of methoxy groups -OCH3 is 1. The van der Waals surface area contributed by atoms with Gasteiger partial charge in [-0.1, -0.05) is 38.5 Å². The SMILES string of the molecule is C=C[C@@]1(C)CC[C@H]2C(=CC[C@@H]3[C@]2(C)C[C@@H](O)[C@H](O)[C@]3(C)CO[C@@H]2O[C@H](C(=O)OC)[C@@H](O)[C@@H](O)[C@@H]2O)C1. The highest BCUT2D eigenvalue weighted by Gasteiger charge is 2.61. The van der Waals surface area contributed by atoms with Crippen LogP contribution in [0.3, 0.4) is 0 Å². The van der Waals surface area contributed by atoms with Gasteiger partial charge in [-0.15, -0.1) is 6.58 Å². The van der Waals surface area contributed by atoms with Gasteiger partial charge in [-0.3, -0.25) is 0 Å². The predicted molar refractivity (Wildman–Crippen MR) is 129 cm³/mol. The summed E-state index contributed by atoms with van der Waals surface area (Å²) in [5.41, 5.74) is 0.261. The lowest BCUT2D eigenvalue weighted by Gasteiger charge is -2.62. The number of allylic oxidation sites excluding steroid dienone is 3. The van der Waals surface area contributed by atoms with Crippen molar-refractivity contribution in [2.45, 2.75) is 95.8 Å². The van der Waals surface area contributed by atoms with E-state index in [1.165, 1.54) is 5.57 Å². The summed E-state index contributed by atoms with van der Waals surface area (Å²) in [7, 11) is 1.13. The van der Waals surface area contributed by atoms with Gasteiger partial charge >= 0.3 is 5.97 Å². The van der Waals surface area contributed by atoms with E-state index in [1.807, 2.05) is 13.0 Å². The fraction of sp³-hybridized carbons (Fsp3) is 0.815. The molecule has 4 rings (SSSR count). The van der Waals surface area contributed by atoms with E-state index < -0.39 is 54.3 Å². The Morgan fingerprint density at radius 2 is 1.86 bits per heavy atom. The van der Waals surface area contributed by atoms with E-state index in [-0.39, 0.29) is 29.3 Å². The number of esters is 1. The average Bonchev–Trinajstić information content (AvgIpc) is 2.85. The van der Waals surface area contributed by atoms with E-state index in [1.54, 1.807) is 0 Å². The zero-order valence-electron chi connectivity index (χ0n) is 21.7. The lowest BCUT2D eigenvalue weighted by Crippen LogP contribution is -2.64. The van der Waals surface area contributed by atoms with Gasteiger partial charge in [-0.25, -0.2) is 4.79 Å². The Balaban J connectivity index is 1.58. The van der Waals surface area contributed by atoms with Crippen molar-refractivity contribution in [3.8, 4) is 0 Å². The first-order chi connectivity index (χ1) is 16.8. The highest BCUT2D eigenvalue weighted by Crippen LogP contribution is 2.63. The second-order valence-electron chi connectivity index (χ2n) is 12.2. The largest absolute Gasteiger partial charge is 0.467 e. The van der Waals surface area contributed by atoms with Gasteiger partial charge < -0.3 is 39.7 Å². The Bertz CT molecular complexity index is 890. The molecule has 1 heterocycles. The van der Waals surface area contributed by atoms with Crippen LogP contribution in [0.25, 0.3) is 0 Å². The van der Waals surface area contributed by atoms with Crippen LogP contribution < -0.4 is 0 Å². The molecule has 0 unspecified atom stereocenters. The minimum atomic E-state index is -1.69. The van der Waals surface area contributed by atoms with Crippen LogP contribution in [0.4, 0.5) is 0 Å². The normalized spacial score (nSPS) is 50.9. The highest BCUT2D eigenvalue weighted by atomic mass is 16.7. The maximum atomic E-state index is 12.0. The first kappa shape index (κ1) is 27.7. The van der Waals surface area contributed by atoms with Crippen LogP contribution in [-0.4, -0.2) is 88.1 Å². The van der Waals surface area contributed by atoms with E-state index in [4.69, 9.17) is 9.47 Å². The molecule has 1 saturated heterocycles. The standard InChI is InChI=1S/C27H42O9/c1-6-25(2)10-9-15-14(11-25)7-8-17-26(15,3)12-16(28)22(32)27(17,4)13-35-24-20(31)18(29)19(30)21(36-24)23(33)34-5/h6-7,15-22,24,28-32H,1,8-13H2,2-5H3/t15-,16+,17+,18+,19-,20-,21-,22-,24+,25-,26+,27+/m0/s1. The molecule has 5 N–H and O–H groups in total. The minimum Gasteiger partial charge on any atom is -0.467 e. The number of fused-ring (bicyclic) bond motifs is 3. The summed E-state index contributed by atoms with van der Waals surface area (Å²) < 4.78 is 16.1. The number of carbonyl (C=O) groups excluding carboxylic acids is 1. The molecule has 3 fully saturated rings. The van der Waals surface area contributed by atoms with Crippen LogP contribution in [0.2, 0.25) is 0 Å². The van der Waals surface area contributed by atoms with Crippen molar-refractivity contribution in [2.75, 3.05) is 13.7 Å². The van der Waals surface area contributed by atoms with Crippen LogP contribution in [0.1, 0.15) is 52.9 Å². The van der Waals surface area contributed by atoms with Crippen LogP contribution in [-0.2, 0) is 19.0 Å². The number of aliphatic hydroxyl groups excluding tert-OH is 5. The lowest BCUT2D eigenvalue weighted by atomic mass is 9.44. The molecule has 9 heteroatoms. The zero-order valence-corrected chi connectivity index (χ0v) is 21.7. The van der Waals surface area contributed by atoms with Gasteiger partial charge in [0.2, 0.25) is 0 Å². The Labute approximate surface area is 212 Å². The summed E-state index contributed by atoms with van der Waals surface area (Å²) in [4.78, 5) is 12.0. The monoisotopic (exact) mass is 510 g/mol. The summed E-state index contributed by atoms with van der Waals surface area (Å²) in [6.07, 6.45) is -1.57. The molecule has 9 nitrogen and oxygen atoms in total. The van der Waals surface area contributed by atoms with E-state index in [0.29, 0.717) is 12.8 Å². The van der Waals surface area contributed by atoms with Crippen molar-refractivity contribution in [3.63, 3.8) is 0 Å². The van der Waals surface area contributed by atoms with Gasteiger partial charge in [0.05, 0.1) is 25.9 Å². The molecule has 0 radical (unpaired) electrons. The summed E-state index contributed by atoms with van der Waals surface area (Å²) in [6.45, 7) is 10.2. The zero-order chi connectivity index (χ0) is 26.6. The number of ether oxygens (including phenoxy) is 3.